The molecular weight excluding hydrogens is 565 g/mol. The van der Waals surface area contributed by atoms with Crippen LogP contribution in [0.5, 0.6) is 5.75 Å². The Morgan fingerprint density at radius 1 is 1.26 bits per heavy atom. The second-order valence-corrected chi connectivity index (χ2v) is 11.6. The molecule has 2 aromatic heterocycles. The maximum Gasteiger partial charge on any atom is 0.410 e. The van der Waals surface area contributed by atoms with Crippen molar-refractivity contribution in [2.45, 2.75) is 64.6 Å². The van der Waals surface area contributed by atoms with Gasteiger partial charge in [0, 0.05) is 48.1 Å². The number of nitrogens with zero attached hydrogens (tertiary/aromatic N) is 2. The normalized spacial score (nSPS) is 17.1. The summed E-state index contributed by atoms with van der Waals surface area (Å²) in [6.45, 7) is 6.50. The van der Waals surface area contributed by atoms with Crippen LogP contribution in [0.4, 0.5) is 29.3 Å². The van der Waals surface area contributed by atoms with Gasteiger partial charge in [-0.1, -0.05) is 6.07 Å². The van der Waals surface area contributed by atoms with Gasteiger partial charge in [0.25, 0.3) is 0 Å². The molecule has 1 aliphatic carbocycles. The fraction of sp³-hybridized carbons (Fsp3) is 0.452. The number of aromatic nitrogens is 2. The number of hydrogen-bond donors (Lipinski definition) is 2. The topological polar surface area (TPSA) is 106 Å². The number of aromatic amines is 1. The lowest BCUT2D eigenvalue weighted by Gasteiger charge is -2.34. The maximum atomic E-state index is 14.7. The number of anilines is 2. The first kappa shape index (κ1) is 30.4. The molecule has 5 rings (SSSR count). The highest BCUT2D eigenvalue weighted by molar-refractivity contribution is 6.07. The number of pyridine rings is 1. The van der Waals surface area contributed by atoms with Crippen LogP contribution in [0, 0.1) is 5.82 Å². The van der Waals surface area contributed by atoms with Crippen LogP contribution in [-0.2, 0) is 22.3 Å². The number of H-pyrrole nitrogens is 1. The number of alkyl halides is 2. The third-order valence-electron chi connectivity index (χ3n) is 7.19. The van der Waals surface area contributed by atoms with Crippen LogP contribution in [-0.4, -0.2) is 71.2 Å². The van der Waals surface area contributed by atoms with Gasteiger partial charge in [-0.2, -0.15) is 0 Å². The van der Waals surface area contributed by atoms with Crippen molar-refractivity contribution in [2.75, 3.05) is 31.6 Å². The highest BCUT2D eigenvalue weighted by Crippen LogP contribution is 2.42. The van der Waals surface area contributed by atoms with Gasteiger partial charge in [0.1, 0.15) is 29.9 Å². The molecule has 0 bridgehead atoms. The van der Waals surface area contributed by atoms with E-state index in [0.717, 1.165) is 6.07 Å². The number of amides is 1. The van der Waals surface area contributed by atoms with E-state index in [0.29, 0.717) is 66.4 Å². The lowest BCUT2D eigenvalue weighted by atomic mass is 9.94. The molecule has 1 amide bonds. The van der Waals surface area contributed by atoms with E-state index in [1.165, 1.54) is 18.3 Å². The molecule has 0 spiro atoms. The monoisotopic (exact) mass is 600 g/mol. The molecule has 3 aromatic rings. The predicted octanol–water partition coefficient (Wildman–Crippen LogP) is 6.30. The Bertz CT molecular complexity index is 1490. The van der Waals surface area contributed by atoms with E-state index in [1.54, 1.807) is 37.9 Å². The highest BCUT2D eigenvalue weighted by atomic mass is 19.3. The summed E-state index contributed by atoms with van der Waals surface area (Å²) in [6, 6.07) is 5.79. The Labute approximate surface area is 247 Å². The number of nitrogens with one attached hydrogen (secondary N) is 2. The largest absolute Gasteiger partial charge is 0.488 e. The van der Waals surface area contributed by atoms with E-state index in [2.05, 4.69) is 15.3 Å². The second-order valence-electron chi connectivity index (χ2n) is 11.6. The molecule has 9 nitrogen and oxygen atoms in total. The molecule has 1 fully saturated rings. The minimum atomic E-state index is -2.76. The Kier molecular flexibility index (Phi) is 8.95. The van der Waals surface area contributed by atoms with Crippen molar-refractivity contribution < 1.29 is 37.0 Å². The number of morpholine rings is 1. The summed E-state index contributed by atoms with van der Waals surface area (Å²) in [5.41, 5.74) is 1.89. The first-order chi connectivity index (χ1) is 20.5. The third kappa shape index (κ3) is 7.12. The lowest BCUT2D eigenvalue weighted by Crippen LogP contribution is -2.49. The number of aryl methyl sites for hydroxylation is 1. The van der Waals surface area contributed by atoms with Crippen LogP contribution in [0.2, 0.25) is 0 Å². The Hall–Kier alpha value is -4.06. The van der Waals surface area contributed by atoms with Crippen molar-refractivity contribution in [2.24, 2.45) is 0 Å². The first-order valence-corrected chi connectivity index (χ1v) is 14.3. The third-order valence-corrected chi connectivity index (χ3v) is 7.19. The van der Waals surface area contributed by atoms with Gasteiger partial charge in [0.05, 0.1) is 36.3 Å². The summed E-state index contributed by atoms with van der Waals surface area (Å²) in [5, 5.41) is 3.11. The van der Waals surface area contributed by atoms with Crippen LogP contribution in [0.1, 0.15) is 55.2 Å². The fourth-order valence-electron chi connectivity index (χ4n) is 5.29. The number of hydrogen-bond acceptors (Lipinski definition) is 7. The Balaban J connectivity index is 1.43. The zero-order chi connectivity index (χ0) is 30.7. The predicted molar refractivity (Wildman–Crippen MR) is 154 cm³/mol. The lowest BCUT2D eigenvalue weighted by molar-refractivity contribution is -0.0556. The fourth-order valence-corrected chi connectivity index (χ4v) is 5.29. The van der Waals surface area contributed by atoms with Crippen LogP contribution >= 0.6 is 0 Å². The van der Waals surface area contributed by atoms with Gasteiger partial charge in [-0.15, -0.1) is 0 Å². The van der Waals surface area contributed by atoms with Crippen LogP contribution in [0.25, 0.3) is 11.3 Å². The molecule has 12 heteroatoms. The molecule has 230 valence electrons. The second kappa shape index (κ2) is 12.7. The minimum Gasteiger partial charge on any atom is -0.488 e. The quantitative estimate of drug-likeness (QED) is 0.313. The summed E-state index contributed by atoms with van der Waals surface area (Å²) < 4.78 is 58.9. The van der Waals surface area contributed by atoms with Crippen molar-refractivity contribution >= 4 is 23.3 Å². The van der Waals surface area contributed by atoms with Crippen LogP contribution in [0.15, 0.2) is 36.7 Å². The van der Waals surface area contributed by atoms with E-state index < -0.39 is 36.5 Å². The van der Waals surface area contributed by atoms with E-state index in [-0.39, 0.29) is 30.2 Å². The molecule has 0 unspecified atom stereocenters. The van der Waals surface area contributed by atoms with E-state index in [4.69, 9.17) is 14.2 Å². The molecule has 0 saturated carbocycles. The molecule has 0 radical (unpaired) electrons. The number of carbonyl (C=O) groups excluding carboxylic acids is 2. The zero-order valence-electron chi connectivity index (χ0n) is 24.3. The van der Waals surface area contributed by atoms with Gasteiger partial charge in [0.2, 0.25) is 6.43 Å². The highest BCUT2D eigenvalue weighted by Gasteiger charge is 2.31. The van der Waals surface area contributed by atoms with Gasteiger partial charge < -0.3 is 29.4 Å². The average Bonchev–Trinajstić information content (AvgIpc) is 3.32. The zero-order valence-corrected chi connectivity index (χ0v) is 24.3. The summed E-state index contributed by atoms with van der Waals surface area (Å²) in [6.07, 6.45) is 0.300. The molecule has 1 aromatic carbocycles. The molecule has 2 aliphatic rings. The number of halogens is 3. The van der Waals surface area contributed by atoms with Crippen molar-refractivity contribution in [1.29, 1.82) is 0 Å². The summed E-state index contributed by atoms with van der Waals surface area (Å²) >= 11 is 0. The first-order valence-electron chi connectivity index (χ1n) is 14.3. The van der Waals surface area contributed by atoms with Gasteiger partial charge in [-0.3, -0.25) is 9.78 Å². The molecular formula is C31H35F3N4O5. The Morgan fingerprint density at radius 3 is 2.84 bits per heavy atom. The molecule has 1 aliphatic heterocycles. The standard InChI is InChI=1S/C31H35F3N4O5/c1-31(2,3)43-30(40)38-12-13-41-18(16-38)17-42-25-15-35-11-10-19(25)28-29(27-23(37-28)8-5-9-24(27)39)36-22-7-4-6-21(32)20(22)14-26(33)34/h4,6-7,10-11,15,18,26,36-37H,5,8-9,12-14,16-17H2,1-3H3/t18-/m0/s1. The van der Waals surface area contributed by atoms with Gasteiger partial charge in [-0.25, -0.2) is 18.0 Å². The minimum absolute atomic E-state index is 0.0997. The van der Waals surface area contributed by atoms with Gasteiger partial charge >= 0.3 is 6.09 Å². The maximum absolute atomic E-state index is 14.7. The number of ketones is 1. The average molecular weight is 601 g/mol. The number of benzene rings is 1. The smallest absolute Gasteiger partial charge is 0.410 e. The number of ether oxygens (including phenoxy) is 3. The van der Waals surface area contributed by atoms with E-state index >= 15 is 0 Å². The number of carbonyl (C=O) groups is 2. The van der Waals surface area contributed by atoms with Crippen LogP contribution < -0.4 is 10.1 Å². The number of fused-ring (bicyclic) bond motifs is 1. The SMILES string of the molecule is CC(C)(C)OC(=O)N1CCO[C@H](COc2cnccc2-c2[nH]c3c(c2Nc2cccc(F)c2CC(F)F)C(=O)CCC3)C1. The summed E-state index contributed by atoms with van der Waals surface area (Å²) in [4.78, 5) is 34.8. The molecule has 43 heavy (non-hydrogen) atoms. The van der Waals surface area contributed by atoms with E-state index in [1.807, 2.05) is 0 Å². The molecule has 1 atom stereocenters. The number of Topliss-reactive ketones (excluding diaryl/α,β-unsaturated/α-hetero) is 1. The number of rotatable bonds is 8. The van der Waals surface area contributed by atoms with Crippen molar-refractivity contribution in [3.63, 3.8) is 0 Å². The summed E-state index contributed by atoms with van der Waals surface area (Å²) in [5.74, 6) is -0.488. The van der Waals surface area contributed by atoms with Crippen molar-refractivity contribution in [3.8, 4) is 17.0 Å². The Morgan fingerprint density at radius 2 is 2.07 bits per heavy atom. The molecule has 1 saturated heterocycles. The summed E-state index contributed by atoms with van der Waals surface area (Å²) in [7, 11) is 0. The van der Waals surface area contributed by atoms with Crippen molar-refractivity contribution in [1.82, 2.24) is 14.9 Å². The van der Waals surface area contributed by atoms with Gasteiger partial charge in [0.15, 0.2) is 5.78 Å². The molecule has 2 N–H and O–H groups in total. The van der Waals surface area contributed by atoms with Crippen LogP contribution in [0.3, 0.4) is 0 Å². The molecule has 3 heterocycles. The van der Waals surface area contributed by atoms with Crippen molar-refractivity contribution in [3.05, 3.63) is 59.3 Å². The van der Waals surface area contributed by atoms with E-state index in [9.17, 15) is 22.8 Å². The van der Waals surface area contributed by atoms with Gasteiger partial charge in [-0.05, 0) is 51.8 Å².